The number of aromatic nitrogens is 2. The highest BCUT2D eigenvalue weighted by Gasteiger charge is 2.16. The number of amides is 2. The number of hydrogen-bond donors (Lipinski definition) is 2. The van der Waals surface area contributed by atoms with Gasteiger partial charge in [0.15, 0.2) is 0 Å². The summed E-state index contributed by atoms with van der Waals surface area (Å²) in [6, 6.07) is 8.66. The molecule has 0 spiro atoms. The van der Waals surface area contributed by atoms with Gasteiger partial charge < -0.3 is 15.5 Å². The predicted octanol–water partition coefficient (Wildman–Crippen LogP) is 3.38. The number of aryl methyl sites for hydroxylation is 1. The number of carbonyl (C=O) groups excluding carboxylic acids is 2. The van der Waals surface area contributed by atoms with Crippen molar-refractivity contribution in [1.82, 2.24) is 9.97 Å². The van der Waals surface area contributed by atoms with E-state index in [9.17, 15) is 9.59 Å². The lowest BCUT2D eigenvalue weighted by atomic mass is 10.2. The van der Waals surface area contributed by atoms with Gasteiger partial charge in [-0.05, 0) is 50.1 Å². The van der Waals surface area contributed by atoms with Gasteiger partial charge in [-0.1, -0.05) is 12.8 Å². The Labute approximate surface area is 159 Å². The van der Waals surface area contributed by atoms with Crippen LogP contribution in [0.3, 0.4) is 0 Å². The quantitative estimate of drug-likeness (QED) is 0.865. The largest absolute Gasteiger partial charge is 0.341 e. The minimum atomic E-state index is -0.274. The molecular formula is C20H25N5O2. The lowest BCUT2D eigenvalue weighted by molar-refractivity contribution is -0.114. The van der Waals surface area contributed by atoms with Gasteiger partial charge in [0.2, 0.25) is 11.9 Å². The van der Waals surface area contributed by atoms with Crippen molar-refractivity contribution in [2.75, 3.05) is 28.6 Å². The standard InChI is InChI=1S/C20H25N5O2/c1-14-13-18(24-20(21-14)25-11-5-3-4-6-12-25)19(27)23-17-9-7-16(8-10-17)22-15(2)26/h7-10,13H,3-6,11-12H2,1-2H3,(H,22,26)(H,23,27). The van der Waals surface area contributed by atoms with Crippen molar-refractivity contribution in [2.45, 2.75) is 39.5 Å². The first-order chi connectivity index (χ1) is 13.0. The molecule has 7 nitrogen and oxygen atoms in total. The molecule has 0 atom stereocenters. The normalized spacial score (nSPS) is 14.4. The van der Waals surface area contributed by atoms with Gasteiger partial charge in [0.05, 0.1) is 0 Å². The number of nitrogens with zero attached hydrogens (tertiary/aromatic N) is 3. The number of nitrogens with one attached hydrogen (secondary N) is 2. The van der Waals surface area contributed by atoms with Gasteiger partial charge in [-0.25, -0.2) is 9.97 Å². The van der Waals surface area contributed by atoms with Gasteiger partial charge in [0, 0.05) is 37.1 Å². The van der Waals surface area contributed by atoms with Crippen molar-refractivity contribution in [3.63, 3.8) is 0 Å². The third kappa shape index (κ3) is 5.26. The molecule has 1 aromatic heterocycles. The molecule has 1 saturated heterocycles. The Bertz CT molecular complexity index is 812. The highest BCUT2D eigenvalue weighted by molar-refractivity contribution is 6.03. The van der Waals surface area contributed by atoms with E-state index in [1.807, 2.05) is 6.92 Å². The fraction of sp³-hybridized carbons (Fsp3) is 0.400. The summed E-state index contributed by atoms with van der Waals surface area (Å²) in [5.74, 6) is 0.219. The summed E-state index contributed by atoms with van der Waals surface area (Å²) in [6.45, 7) is 5.18. The molecule has 1 fully saturated rings. The van der Waals surface area contributed by atoms with Crippen molar-refractivity contribution in [1.29, 1.82) is 0 Å². The summed E-state index contributed by atoms with van der Waals surface area (Å²) in [7, 11) is 0. The number of benzene rings is 1. The fourth-order valence-electron chi connectivity index (χ4n) is 3.12. The Morgan fingerprint density at radius 3 is 2.11 bits per heavy atom. The van der Waals surface area contributed by atoms with Crippen LogP contribution in [-0.4, -0.2) is 34.9 Å². The second kappa shape index (κ2) is 8.62. The summed E-state index contributed by atoms with van der Waals surface area (Å²) < 4.78 is 0. The van der Waals surface area contributed by atoms with E-state index in [-0.39, 0.29) is 11.8 Å². The second-order valence-electron chi connectivity index (χ2n) is 6.81. The minimum absolute atomic E-state index is 0.135. The third-order valence-corrected chi connectivity index (χ3v) is 4.43. The molecule has 2 amide bonds. The molecule has 0 bridgehead atoms. The molecule has 2 aromatic rings. The van der Waals surface area contributed by atoms with Crippen molar-refractivity contribution in [3.8, 4) is 0 Å². The molecule has 0 aliphatic carbocycles. The summed E-state index contributed by atoms with van der Waals surface area (Å²) in [4.78, 5) is 34.9. The van der Waals surface area contributed by atoms with Crippen LogP contribution in [0.1, 0.15) is 48.8 Å². The first kappa shape index (κ1) is 18.8. The smallest absolute Gasteiger partial charge is 0.274 e. The van der Waals surface area contributed by atoms with Gasteiger partial charge in [0.1, 0.15) is 5.69 Å². The highest BCUT2D eigenvalue weighted by Crippen LogP contribution is 2.18. The number of hydrogen-bond acceptors (Lipinski definition) is 5. The van der Waals surface area contributed by atoms with Crippen LogP contribution in [-0.2, 0) is 4.79 Å². The van der Waals surface area contributed by atoms with Crippen LogP contribution in [0.15, 0.2) is 30.3 Å². The molecule has 3 rings (SSSR count). The third-order valence-electron chi connectivity index (χ3n) is 4.43. The summed E-state index contributed by atoms with van der Waals surface area (Å²) in [5.41, 5.74) is 2.45. The van der Waals surface area contributed by atoms with E-state index in [1.54, 1.807) is 30.3 Å². The Hall–Kier alpha value is -2.96. The summed E-state index contributed by atoms with van der Waals surface area (Å²) in [6.07, 6.45) is 4.70. The van der Waals surface area contributed by atoms with Crippen LogP contribution in [0.2, 0.25) is 0 Å². The summed E-state index contributed by atoms with van der Waals surface area (Å²) >= 11 is 0. The summed E-state index contributed by atoms with van der Waals surface area (Å²) in [5, 5.41) is 5.54. The zero-order chi connectivity index (χ0) is 19.2. The lowest BCUT2D eigenvalue weighted by Gasteiger charge is -2.21. The molecule has 1 aromatic carbocycles. The second-order valence-corrected chi connectivity index (χ2v) is 6.81. The average Bonchev–Trinajstić information content (AvgIpc) is 2.92. The number of carbonyl (C=O) groups is 2. The molecule has 2 N–H and O–H groups in total. The molecule has 27 heavy (non-hydrogen) atoms. The fourth-order valence-corrected chi connectivity index (χ4v) is 3.12. The molecule has 7 heteroatoms. The van der Waals surface area contributed by atoms with Crippen molar-refractivity contribution in [3.05, 3.63) is 41.7 Å². The van der Waals surface area contributed by atoms with Gasteiger partial charge >= 0.3 is 0 Å². The van der Waals surface area contributed by atoms with E-state index in [0.717, 1.165) is 31.6 Å². The maximum atomic E-state index is 12.6. The van der Waals surface area contributed by atoms with E-state index < -0.39 is 0 Å². The van der Waals surface area contributed by atoms with Crippen molar-refractivity contribution >= 4 is 29.1 Å². The molecule has 1 aliphatic heterocycles. The van der Waals surface area contributed by atoms with Crippen LogP contribution in [0.25, 0.3) is 0 Å². The van der Waals surface area contributed by atoms with Crippen LogP contribution in [0.4, 0.5) is 17.3 Å². The van der Waals surface area contributed by atoms with Crippen LogP contribution < -0.4 is 15.5 Å². The first-order valence-electron chi connectivity index (χ1n) is 9.31. The average molecular weight is 367 g/mol. The van der Waals surface area contributed by atoms with E-state index >= 15 is 0 Å². The van der Waals surface area contributed by atoms with E-state index in [1.165, 1.54) is 19.8 Å². The topological polar surface area (TPSA) is 87.2 Å². The molecule has 2 heterocycles. The molecule has 0 unspecified atom stereocenters. The number of rotatable bonds is 4. The zero-order valence-corrected chi connectivity index (χ0v) is 15.8. The maximum Gasteiger partial charge on any atom is 0.274 e. The van der Waals surface area contributed by atoms with Crippen LogP contribution >= 0.6 is 0 Å². The van der Waals surface area contributed by atoms with E-state index in [2.05, 4.69) is 25.5 Å². The Balaban J connectivity index is 1.73. The van der Waals surface area contributed by atoms with Gasteiger partial charge in [0.25, 0.3) is 5.91 Å². The molecule has 1 aliphatic rings. The van der Waals surface area contributed by atoms with Crippen molar-refractivity contribution in [2.24, 2.45) is 0 Å². The Morgan fingerprint density at radius 1 is 0.926 bits per heavy atom. The maximum absolute atomic E-state index is 12.6. The van der Waals surface area contributed by atoms with Gasteiger partial charge in [-0.15, -0.1) is 0 Å². The molecule has 142 valence electrons. The van der Waals surface area contributed by atoms with Crippen LogP contribution in [0, 0.1) is 6.92 Å². The Morgan fingerprint density at radius 2 is 1.52 bits per heavy atom. The molecule has 0 radical (unpaired) electrons. The SMILES string of the molecule is CC(=O)Nc1ccc(NC(=O)c2cc(C)nc(N3CCCCCC3)n2)cc1. The molecule has 0 saturated carbocycles. The minimum Gasteiger partial charge on any atom is -0.341 e. The van der Waals surface area contributed by atoms with Crippen molar-refractivity contribution < 1.29 is 9.59 Å². The lowest BCUT2D eigenvalue weighted by Crippen LogP contribution is -2.27. The molecular weight excluding hydrogens is 342 g/mol. The van der Waals surface area contributed by atoms with Gasteiger partial charge in [-0.3, -0.25) is 9.59 Å². The monoisotopic (exact) mass is 367 g/mol. The van der Waals surface area contributed by atoms with Gasteiger partial charge in [-0.2, -0.15) is 0 Å². The predicted molar refractivity (Wildman–Crippen MR) is 106 cm³/mol. The zero-order valence-electron chi connectivity index (χ0n) is 15.8. The van der Waals surface area contributed by atoms with Crippen LogP contribution in [0.5, 0.6) is 0 Å². The first-order valence-corrected chi connectivity index (χ1v) is 9.31. The number of anilines is 3. The van der Waals surface area contributed by atoms with E-state index in [4.69, 9.17) is 0 Å². The van der Waals surface area contributed by atoms with E-state index in [0.29, 0.717) is 23.0 Å². The highest BCUT2D eigenvalue weighted by atomic mass is 16.2. The Kier molecular flexibility index (Phi) is 6.01.